The predicted molar refractivity (Wildman–Crippen MR) is 87.8 cm³/mol. The van der Waals surface area contributed by atoms with E-state index >= 15 is 0 Å². The van der Waals surface area contributed by atoms with Crippen LogP contribution in [-0.4, -0.2) is 38.3 Å². The lowest BCUT2D eigenvalue weighted by Crippen LogP contribution is -2.48. The van der Waals surface area contributed by atoms with Gasteiger partial charge in [0, 0.05) is 24.4 Å². The summed E-state index contributed by atoms with van der Waals surface area (Å²) in [6, 6.07) is 6.22. The second kappa shape index (κ2) is 6.45. The molecule has 2 aliphatic rings. The molecule has 1 aromatic carbocycles. The first kappa shape index (κ1) is 16.4. The van der Waals surface area contributed by atoms with Gasteiger partial charge >= 0.3 is 0 Å². The van der Waals surface area contributed by atoms with Crippen LogP contribution >= 0.6 is 12.4 Å². The Morgan fingerprint density at radius 2 is 2.14 bits per heavy atom. The summed E-state index contributed by atoms with van der Waals surface area (Å²) >= 11 is 0. The zero-order valence-corrected chi connectivity index (χ0v) is 14.0. The fourth-order valence-electron chi connectivity index (χ4n) is 3.85. The number of halogens is 1. The third-order valence-electron chi connectivity index (χ3n) is 4.80. The van der Waals surface area contributed by atoms with Crippen molar-refractivity contribution in [1.82, 2.24) is 4.90 Å². The Morgan fingerprint density at radius 3 is 2.86 bits per heavy atom. The number of rotatable bonds is 3. The number of benzene rings is 1. The standard InChI is InChI=1S/C17H25NO2.ClH/c1-18(2)12-14-6-4-5-9-17(14)11-13-10-15(19-3)7-8-16(13)20-17;/h7-8,10,14H,4-6,9,11-12H2,1-3H3;1H/t14-,17+;/m1./s1. The highest BCUT2D eigenvalue weighted by Gasteiger charge is 2.47. The highest BCUT2D eigenvalue weighted by atomic mass is 35.5. The summed E-state index contributed by atoms with van der Waals surface area (Å²) in [5.41, 5.74) is 1.34. The van der Waals surface area contributed by atoms with Crippen molar-refractivity contribution in [1.29, 1.82) is 0 Å². The van der Waals surface area contributed by atoms with Crippen molar-refractivity contribution >= 4 is 12.4 Å². The Hall–Kier alpha value is -0.930. The van der Waals surface area contributed by atoms with E-state index in [-0.39, 0.29) is 18.0 Å². The number of hydrogen-bond donors (Lipinski definition) is 0. The van der Waals surface area contributed by atoms with Crippen LogP contribution in [0.2, 0.25) is 0 Å². The van der Waals surface area contributed by atoms with E-state index in [0.29, 0.717) is 5.92 Å². The molecule has 1 heterocycles. The lowest BCUT2D eigenvalue weighted by molar-refractivity contribution is -0.0150. The van der Waals surface area contributed by atoms with Gasteiger partial charge in [-0.3, -0.25) is 0 Å². The smallest absolute Gasteiger partial charge is 0.123 e. The summed E-state index contributed by atoms with van der Waals surface area (Å²) in [6.07, 6.45) is 6.13. The molecule has 1 aromatic rings. The van der Waals surface area contributed by atoms with Gasteiger partial charge in [-0.05, 0) is 51.6 Å². The van der Waals surface area contributed by atoms with Crippen molar-refractivity contribution in [3.63, 3.8) is 0 Å². The molecule has 3 nitrogen and oxygen atoms in total. The SMILES string of the molecule is COc1ccc2c(c1)C[C@]1(CCCC[C@@H]1CN(C)C)O2.Cl. The van der Waals surface area contributed by atoms with E-state index in [0.717, 1.165) is 24.5 Å². The Morgan fingerprint density at radius 1 is 1.33 bits per heavy atom. The average molecular weight is 312 g/mol. The molecule has 1 aliphatic heterocycles. The summed E-state index contributed by atoms with van der Waals surface area (Å²) < 4.78 is 11.8. The van der Waals surface area contributed by atoms with Gasteiger partial charge in [0.25, 0.3) is 0 Å². The highest BCUT2D eigenvalue weighted by Crippen LogP contribution is 2.47. The summed E-state index contributed by atoms with van der Waals surface area (Å²) in [6.45, 7) is 1.12. The molecule has 118 valence electrons. The van der Waals surface area contributed by atoms with E-state index in [1.54, 1.807) is 7.11 Å². The van der Waals surface area contributed by atoms with Crippen LogP contribution in [0.25, 0.3) is 0 Å². The molecule has 0 aromatic heterocycles. The first-order valence-electron chi connectivity index (χ1n) is 7.64. The van der Waals surface area contributed by atoms with Crippen molar-refractivity contribution in [2.75, 3.05) is 27.7 Å². The van der Waals surface area contributed by atoms with E-state index in [1.165, 1.54) is 31.2 Å². The Bertz CT molecular complexity index is 492. The van der Waals surface area contributed by atoms with Crippen LogP contribution in [0.3, 0.4) is 0 Å². The number of nitrogens with zero attached hydrogens (tertiary/aromatic N) is 1. The third-order valence-corrected chi connectivity index (χ3v) is 4.80. The van der Waals surface area contributed by atoms with Crippen LogP contribution < -0.4 is 9.47 Å². The zero-order valence-electron chi connectivity index (χ0n) is 13.2. The number of ether oxygens (including phenoxy) is 2. The van der Waals surface area contributed by atoms with Crippen molar-refractivity contribution in [3.8, 4) is 11.5 Å². The minimum Gasteiger partial charge on any atom is -0.497 e. The number of methoxy groups -OCH3 is 1. The maximum Gasteiger partial charge on any atom is 0.123 e. The van der Waals surface area contributed by atoms with Gasteiger partial charge in [0.15, 0.2) is 0 Å². The van der Waals surface area contributed by atoms with Crippen molar-refractivity contribution in [3.05, 3.63) is 23.8 Å². The van der Waals surface area contributed by atoms with Crippen LogP contribution in [0, 0.1) is 5.92 Å². The van der Waals surface area contributed by atoms with E-state index < -0.39 is 0 Å². The Kier molecular flexibility index (Phi) is 5.05. The Labute approximate surface area is 134 Å². The molecule has 1 aliphatic carbocycles. The predicted octanol–water partition coefficient (Wildman–Crippen LogP) is 3.54. The number of hydrogen-bond acceptors (Lipinski definition) is 3. The maximum atomic E-state index is 6.47. The molecule has 0 saturated heterocycles. The van der Waals surface area contributed by atoms with Crippen LogP contribution in [0.15, 0.2) is 18.2 Å². The minimum atomic E-state index is 0. The van der Waals surface area contributed by atoms with E-state index in [1.807, 2.05) is 6.07 Å². The molecule has 1 spiro atoms. The van der Waals surface area contributed by atoms with Gasteiger partial charge < -0.3 is 14.4 Å². The molecule has 0 bridgehead atoms. The fraction of sp³-hybridized carbons (Fsp3) is 0.647. The van der Waals surface area contributed by atoms with Gasteiger partial charge in [-0.2, -0.15) is 0 Å². The summed E-state index contributed by atoms with van der Waals surface area (Å²) in [5, 5.41) is 0. The molecular weight excluding hydrogens is 286 g/mol. The van der Waals surface area contributed by atoms with Crippen LogP contribution in [0.1, 0.15) is 31.2 Å². The van der Waals surface area contributed by atoms with Gasteiger partial charge in [-0.1, -0.05) is 6.42 Å². The first-order valence-corrected chi connectivity index (χ1v) is 7.64. The van der Waals surface area contributed by atoms with Crippen molar-refractivity contribution < 1.29 is 9.47 Å². The van der Waals surface area contributed by atoms with Crippen molar-refractivity contribution in [2.24, 2.45) is 5.92 Å². The first-order chi connectivity index (χ1) is 9.63. The van der Waals surface area contributed by atoms with Crippen LogP contribution in [-0.2, 0) is 6.42 Å². The summed E-state index contributed by atoms with van der Waals surface area (Å²) in [7, 11) is 6.05. The lowest BCUT2D eigenvalue weighted by atomic mass is 9.73. The molecule has 4 heteroatoms. The van der Waals surface area contributed by atoms with Crippen LogP contribution in [0.5, 0.6) is 11.5 Å². The second-order valence-electron chi connectivity index (χ2n) is 6.52. The third kappa shape index (κ3) is 3.14. The second-order valence-corrected chi connectivity index (χ2v) is 6.52. The van der Waals surface area contributed by atoms with E-state index in [4.69, 9.17) is 9.47 Å². The zero-order chi connectivity index (χ0) is 14.2. The van der Waals surface area contributed by atoms with E-state index in [9.17, 15) is 0 Å². The topological polar surface area (TPSA) is 21.7 Å². The molecule has 0 unspecified atom stereocenters. The largest absolute Gasteiger partial charge is 0.497 e. The van der Waals surface area contributed by atoms with Crippen LogP contribution in [0.4, 0.5) is 0 Å². The number of fused-ring (bicyclic) bond motifs is 1. The molecule has 2 atom stereocenters. The molecular formula is C17H26ClNO2. The van der Waals surface area contributed by atoms with Gasteiger partial charge in [0.1, 0.15) is 17.1 Å². The molecule has 0 N–H and O–H groups in total. The molecule has 0 radical (unpaired) electrons. The average Bonchev–Trinajstić information content (AvgIpc) is 2.78. The monoisotopic (exact) mass is 311 g/mol. The molecule has 1 saturated carbocycles. The van der Waals surface area contributed by atoms with Crippen molar-refractivity contribution in [2.45, 2.75) is 37.7 Å². The van der Waals surface area contributed by atoms with Gasteiger partial charge in [0.2, 0.25) is 0 Å². The van der Waals surface area contributed by atoms with Gasteiger partial charge in [0.05, 0.1) is 7.11 Å². The molecule has 1 fully saturated rings. The van der Waals surface area contributed by atoms with Gasteiger partial charge in [-0.15, -0.1) is 12.4 Å². The highest BCUT2D eigenvalue weighted by molar-refractivity contribution is 5.85. The minimum absolute atomic E-state index is 0. The fourth-order valence-corrected chi connectivity index (χ4v) is 3.85. The molecule has 21 heavy (non-hydrogen) atoms. The van der Waals surface area contributed by atoms with Gasteiger partial charge in [-0.25, -0.2) is 0 Å². The summed E-state index contributed by atoms with van der Waals surface area (Å²) in [4.78, 5) is 2.30. The summed E-state index contributed by atoms with van der Waals surface area (Å²) in [5.74, 6) is 2.63. The maximum absolute atomic E-state index is 6.47. The normalized spacial score (nSPS) is 27.1. The van der Waals surface area contributed by atoms with E-state index in [2.05, 4.69) is 31.1 Å². The lowest BCUT2D eigenvalue weighted by Gasteiger charge is -2.41. The Balaban J connectivity index is 0.00000161. The molecule has 3 rings (SSSR count). The molecule has 0 amide bonds. The quantitative estimate of drug-likeness (QED) is 0.852.